The van der Waals surface area contributed by atoms with Crippen LogP contribution in [0.2, 0.25) is 0 Å². The molecule has 2 aliphatic rings. The standard InChI is InChI=1S/C20H16FN5O2/c1-3-15-11-4-5-14(21)12-8-20(2,28-17(11)12)10-22-19(27)13-9-23-26-7-6-16(24-15)25-18(13)26/h1,4-7,9,15H,8,10H2,2H3,(H,22,27)(H,24,25)/t15-,20+/m1/s1. The van der Waals surface area contributed by atoms with Crippen molar-refractivity contribution in [1.29, 1.82) is 0 Å². The summed E-state index contributed by atoms with van der Waals surface area (Å²) in [5.41, 5.74) is 1.08. The van der Waals surface area contributed by atoms with Crippen molar-refractivity contribution >= 4 is 17.4 Å². The second kappa shape index (κ2) is 5.70. The van der Waals surface area contributed by atoms with Crippen molar-refractivity contribution < 1.29 is 13.9 Å². The van der Waals surface area contributed by atoms with Crippen LogP contribution in [-0.2, 0) is 6.42 Å². The normalized spacial score (nSPS) is 23.0. The molecule has 1 amide bonds. The first-order chi connectivity index (χ1) is 13.5. The molecule has 4 bridgehead atoms. The number of fused-ring (bicyclic) bond motifs is 2. The summed E-state index contributed by atoms with van der Waals surface area (Å²) in [6.07, 6.45) is 9.25. The molecule has 0 unspecified atom stereocenters. The van der Waals surface area contributed by atoms with Gasteiger partial charge in [0.15, 0.2) is 5.65 Å². The fourth-order valence-electron chi connectivity index (χ4n) is 3.72. The first kappa shape index (κ1) is 16.6. The minimum atomic E-state index is -0.791. The highest BCUT2D eigenvalue weighted by molar-refractivity contribution is 5.99. The molecule has 0 aliphatic carbocycles. The summed E-state index contributed by atoms with van der Waals surface area (Å²) in [7, 11) is 0. The van der Waals surface area contributed by atoms with Gasteiger partial charge in [-0.1, -0.05) is 5.92 Å². The van der Waals surface area contributed by atoms with E-state index in [9.17, 15) is 9.18 Å². The molecule has 2 atom stereocenters. The van der Waals surface area contributed by atoms with Crippen molar-refractivity contribution in [3.63, 3.8) is 0 Å². The zero-order valence-corrected chi connectivity index (χ0v) is 15.0. The Morgan fingerprint density at radius 2 is 2.29 bits per heavy atom. The van der Waals surface area contributed by atoms with Crippen LogP contribution in [0.15, 0.2) is 30.6 Å². The first-order valence-electron chi connectivity index (χ1n) is 8.83. The van der Waals surface area contributed by atoms with Gasteiger partial charge in [-0.05, 0) is 25.1 Å². The molecule has 8 heteroatoms. The number of halogens is 1. The Bertz CT molecular complexity index is 1180. The predicted molar refractivity (Wildman–Crippen MR) is 99.7 cm³/mol. The van der Waals surface area contributed by atoms with Gasteiger partial charge in [-0.25, -0.2) is 13.9 Å². The summed E-state index contributed by atoms with van der Waals surface area (Å²) in [6, 6.07) is 4.15. The predicted octanol–water partition coefficient (Wildman–Crippen LogP) is 2.09. The summed E-state index contributed by atoms with van der Waals surface area (Å²) >= 11 is 0. The molecule has 0 radical (unpaired) electrons. The fourth-order valence-corrected chi connectivity index (χ4v) is 3.72. The van der Waals surface area contributed by atoms with Crippen molar-refractivity contribution in [2.75, 3.05) is 11.9 Å². The highest BCUT2D eigenvalue weighted by Crippen LogP contribution is 2.42. The number of anilines is 1. The van der Waals surface area contributed by atoms with E-state index in [2.05, 4.69) is 26.6 Å². The van der Waals surface area contributed by atoms with Gasteiger partial charge in [0, 0.05) is 23.7 Å². The van der Waals surface area contributed by atoms with Gasteiger partial charge in [-0.3, -0.25) is 4.79 Å². The molecule has 2 aliphatic heterocycles. The third kappa shape index (κ3) is 2.40. The molecule has 140 valence electrons. The lowest BCUT2D eigenvalue weighted by atomic mass is 9.96. The van der Waals surface area contributed by atoms with E-state index in [0.717, 1.165) is 0 Å². The summed E-state index contributed by atoms with van der Waals surface area (Å²) in [6.45, 7) is 2.03. The molecule has 4 heterocycles. The number of hydrogen-bond acceptors (Lipinski definition) is 5. The van der Waals surface area contributed by atoms with Gasteiger partial charge in [-0.15, -0.1) is 6.42 Å². The van der Waals surface area contributed by atoms with E-state index in [4.69, 9.17) is 11.2 Å². The number of benzene rings is 1. The van der Waals surface area contributed by atoms with E-state index in [1.165, 1.54) is 16.8 Å². The quantitative estimate of drug-likeness (QED) is 0.587. The van der Waals surface area contributed by atoms with Crippen LogP contribution in [0.4, 0.5) is 10.2 Å². The largest absolute Gasteiger partial charge is 0.485 e. The van der Waals surface area contributed by atoms with Crippen molar-refractivity contribution in [2.45, 2.75) is 25.0 Å². The topological polar surface area (TPSA) is 80.5 Å². The average molecular weight is 377 g/mol. The SMILES string of the molecule is C#C[C@H]1Nc2ccn3ncc(c3n2)C(=O)NC[C@]2(C)Cc3c(F)ccc1c3O2. The van der Waals surface area contributed by atoms with Crippen LogP contribution in [0.3, 0.4) is 0 Å². The molecule has 1 aromatic carbocycles. The van der Waals surface area contributed by atoms with Gasteiger partial charge in [0.05, 0.1) is 12.7 Å². The second-order valence-corrected chi connectivity index (χ2v) is 7.24. The number of nitrogens with one attached hydrogen (secondary N) is 2. The van der Waals surface area contributed by atoms with Crippen molar-refractivity contribution in [1.82, 2.24) is 19.9 Å². The number of ether oxygens (including phenoxy) is 1. The average Bonchev–Trinajstić information content (AvgIpc) is 3.26. The highest BCUT2D eigenvalue weighted by Gasteiger charge is 2.39. The van der Waals surface area contributed by atoms with Crippen LogP contribution in [0.5, 0.6) is 5.75 Å². The minimum Gasteiger partial charge on any atom is -0.485 e. The van der Waals surface area contributed by atoms with Crippen LogP contribution >= 0.6 is 0 Å². The van der Waals surface area contributed by atoms with Gasteiger partial charge in [0.2, 0.25) is 0 Å². The van der Waals surface area contributed by atoms with Gasteiger partial charge >= 0.3 is 0 Å². The van der Waals surface area contributed by atoms with Gasteiger partial charge < -0.3 is 15.4 Å². The van der Waals surface area contributed by atoms with Crippen molar-refractivity contribution in [3.8, 4) is 18.1 Å². The van der Waals surface area contributed by atoms with E-state index in [1.807, 2.05) is 6.92 Å². The minimum absolute atomic E-state index is 0.199. The molecule has 0 fully saturated rings. The number of nitrogens with zero attached hydrogens (tertiary/aromatic N) is 3. The van der Waals surface area contributed by atoms with Crippen LogP contribution in [-0.4, -0.2) is 32.7 Å². The Kier molecular flexibility index (Phi) is 3.37. The molecule has 3 aromatic rings. The fraction of sp³-hybridized carbons (Fsp3) is 0.250. The molecule has 2 aromatic heterocycles. The lowest BCUT2D eigenvalue weighted by Crippen LogP contribution is -2.44. The van der Waals surface area contributed by atoms with Crippen LogP contribution in [0.25, 0.3) is 5.65 Å². The van der Waals surface area contributed by atoms with E-state index < -0.39 is 11.6 Å². The number of carbonyl (C=O) groups is 1. The highest BCUT2D eigenvalue weighted by atomic mass is 19.1. The molecule has 0 saturated carbocycles. The first-order valence-corrected chi connectivity index (χ1v) is 8.83. The monoisotopic (exact) mass is 377 g/mol. The summed E-state index contributed by atoms with van der Waals surface area (Å²) in [5.74, 6) is 2.91. The Morgan fingerprint density at radius 1 is 1.43 bits per heavy atom. The summed E-state index contributed by atoms with van der Waals surface area (Å²) in [5, 5.41) is 10.2. The van der Waals surface area contributed by atoms with E-state index in [0.29, 0.717) is 40.3 Å². The Labute approximate surface area is 159 Å². The van der Waals surface area contributed by atoms with Crippen molar-refractivity contribution in [3.05, 3.63) is 53.1 Å². The molecule has 2 N–H and O–H groups in total. The molecule has 28 heavy (non-hydrogen) atoms. The maximum absolute atomic E-state index is 14.5. The zero-order valence-electron chi connectivity index (χ0n) is 15.0. The number of amides is 1. The lowest BCUT2D eigenvalue weighted by molar-refractivity contribution is 0.0839. The van der Waals surface area contributed by atoms with Gasteiger partial charge in [-0.2, -0.15) is 5.10 Å². The van der Waals surface area contributed by atoms with Crippen LogP contribution in [0, 0.1) is 18.2 Å². The Balaban J connectivity index is 1.70. The van der Waals surface area contributed by atoms with E-state index in [-0.39, 0.29) is 18.3 Å². The van der Waals surface area contributed by atoms with Crippen LogP contribution < -0.4 is 15.4 Å². The second-order valence-electron chi connectivity index (χ2n) is 7.24. The number of aromatic nitrogens is 3. The number of hydrogen-bond donors (Lipinski definition) is 2. The maximum Gasteiger partial charge on any atom is 0.256 e. The smallest absolute Gasteiger partial charge is 0.256 e. The van der Waals surface area contributed by atoms with Gasteiger partial charge in [0.1, 0.15) is 34.6 Å². The third-order valence-electron chi connectivity index (χ3n) is 5.14. The lowest BCUT2D eigenvalue weighted by Gasteiger charge is -2.25. The summed E-state index contributed by atoms with van der Waals surface area (Å²) < 4.78 is 22.1. The molecule has 5 rings (SSSR count). The molecule has 0 saturated heterocycles. The summed E-state index contributed by atoms with van der Waals surface area (Å²) in [4.78, 5) is 17.2. The van der Waals surface area contributed by atoms with E-state index in [1.54, 1.807) is 18.3 Å². The Hall–Kier alpha value is -3.60. The van der Waals surface area contributed by atoms with Gasteiger partial charge in [0.25, 0.3) is 5.91 Å². The number of rotatable bonds is 0. The zero-order chi connectivity index (χ0) is 19.5. The number of carbonyl (C=O) groups excluding carboxylic acids is 1. The molecular formula is C20H16FN5O2. The third-order valence-corrected chi connectivity index (χ3v) is 5.14. The van der Waals surface area contributed by atoms with Crippen LogP contribution in [0.1, 0.15) is 34.5 Å². The molecule has 0 spiro atoms. The van der Waals surface area contributed by atoms with E-state index >= 15 is 0 Å². The molecular weight excluding hydrogens is 361 g/mol. The van der Waals surface area contributed by atoms with Crippen molar-refractivity contribution in [2.24, 2.45) is 0 Å². The maximum atomic E-state index is 14.5. The number of terminal acetylenes is 1. The molecule has 7 nitrogen and oxygen atoms in total. The Morgan fingerprint density at radius 3 is 3.11 bits per heavy atom.